The summed E-state index contributed by atoms with van der Waals surface area (Å²) in [5, 5.41) is 0.274. The van der Waals surface area contributed by atoms with E-state index in [-0.39, 0.29) is 16.9 Å². The molecule has 2 rings (SSSR count). The lowest BCUT2D eigenvalue weighted by molar-refractivity contribution is 0.354. The normalized spacial score (nSPS) is 10.2. The highest BCUT2D eigenvalue weighted by atomic mass is 35.5. The van der Waals surface area contributed by atoms with Crippen LogP contribution in [-0.4, -0.2) is 24.2 Å². The van der Waals surface area contributed by atoms with E-state index in [1.54, 1.807) is 19.2 Å². The average molecular weight is 296 g/mol. The first-order valence-corrected chi connectivity index (χ1v) is 6.17. The fourth-order valence-electron chi connectivity index (χ4n) is 1.53. The number of halogens is 1. The molecule has 106 valence electrons. The Hall–Kier alpha value is -2.05. The average Bonchev–Trinajstić information content (AvgIpc) is 2.49. The van der Waals surface area contributed by atoms with Gasteiger partial charge in [0.05, 0.1) is 20.4 Å². The quantitative estimate of drug-likeness (QED) is 0.912. The fourth-order valence-corrected chi connectivity index (χ4v) is 1.66. The zero-order valence-electron chi connectivity index (χ0n) is 11.1. The molecule has 7 heteroatoms. The summed E-state index contributed by atoms with van der Waals surface area (Å²) in [4.78, 5) is 7.91. The van der Waals surface area contributed by atoms with Crippen molar-refractivity contribution >= 4 is 11.6 Å². The highest BCUT2D eigenvalue weighted by Crippen LogP contribution is 2.34. The highest BCUT2D eigenvalue weighted by Gasteiger charge is 2.12. The van der Waals surface area contributed by atoms with E-state index in [2.05, 4.69) is 9.97 Å². The number of benzene rings is 1. The molecule has 0 atom stereocenters. The van der Waals surface area contributed by atoms with Gasteiger partial charge in [-0.3, -0.25) is 0 Å². The van der Waals surface area contributed by atoms with Gasteiger partial charge in [-0.25, -0.2) is 4.98 Å². The van der Waals surface area contributed by atoms with Crippen LogP contribution in [-0.2, 0) is 6.54 Å². The molecule has 1 aromatic carbocycles. The molecule has 0 radical (unpaired) electrons. The maximum absolute atomic E-state index is 5.99. The number of hydrogen-bond donors (Lipinski definition) is 1. The minimum absolute atomic E-state index is 0.168. The summed E-state index contributed by atoms with van der Waals surface area (Å²) in [7, 11) is 3.01. The maximum atomic E-state index is 5.99. The molecule has 0 saturated heterocycles. The lowest BCUT2D eigenvalue weighted by Gasteiger charge is -2.11. The zero-order valence-corrected chi connectivity index (χ0v) is 11.8. The number of methoxy groups -OCH3 is 2. The molecule has 2 N–H and O–H groups in total. The topological polar surface area (TPSA) is 79.5 Å². The standard InChI is InChI=1S/C13H14ClN3O3/c1-18-11-5-8(6-15)3-4-10(11)20-12-9(14)7-16-13(17-12)19-2/h3-5,7H,6,15H2,1-2H3. The van der Waals surface area contributed by atoms with Crippen LogP contribution in [0.5, 0.6) is 23.4 Å². The van der Waals surface area contributed by atoms with Gasteiger partial charge in [-0.15, -0.1) is 0 Å². The second-order valence-electron chi connectivity index (χ2n) is 3.80. The van der Waals surface area contributed by atoms with Gasteiger partial charge >= 0.3 is 6.01 Å². The first-order chi connectivity index (χ1) is 9.67. The number of nitrogens with two attached hydrogens (primary N) is 1. The molecule has 0 aliphatic carbocycles. The second kappa shape index (κ2) is 6.40. The molecule has 1 aromatic heterocycles. The van der Waals surface area contributed by atoms with E-state index in [0.29, 0.717) is 18.0 Å². The minimum atomic E-state index is 0.168. The van der Waals surface area contributed by atoms with E-state index in [4.69, 9.17) is 31.5 Å². The lowest BCUT2D eigenvalue weighted by atomic mass is 10.2. The third-order valence-electron chi connectivity index (χ3n) is 2.54. The van der Waals surface area contributed by atoms with E-state index < -0.39 is 0 Å². The molecule has 0 saturated carbocycles. The SMILES string of the molecule is COc1ncc(Cl)c(Oc2ccc(CN)cc2OC)n1. The summed E-state index contributed by atoms with van der Waals surface area (Å²) >= 11 is 5.99. The van der Waals surface area contributed by atoms with Crippen molar-refractivity contribution in [1.29, 1.82) is 0 Å². The fraction of sp³-hybridized carbons (Fsp3) is 0.231. The van der Waals surface area contributed by atoms with Crippen LogP contribution in [0.1, 0.15) is 5.56 Å². The first kappa shape index (κ1) is 14.4. The zero-order chi connectivity index (χ0) is 14.5. The summed E-state index contributed by atoms with van der Waals surface area (Å²) in [5.74, 6) is 1.21. The molecule has 1 heterocycles. The van der Waals surface area contributed by atoms with Gasteiger partial charge in [-0.05, 0) is 17.7 Å². The van der Waals surface area contributed by atoms with Crippen molar-refractivity contribution in [3.63, 3.8) is 0 Å². The van der Waals surface area contributed by atoms with Gasteiger partial charge < -0.3 is 19.9 Å². The van der Waals surface area contributed by atoms with E-state index in [1.807, 2.05) is 6.07 Å². The molecular weight excluding hydrogens is 282 g/mol. The predicted molar refractivity (Wildman–Crippen MR) is 74.6 cm³/mol. The van der Waals surface area contributed by atoms with Crippen LogP contribution in [0.2, 0.25) is 5.02 Å². The third-order valence-corrected chi connectivity index (χ3v) is 2.80. The molecule has 0 unspecified atom stereocenters. The van der Waals surface area contributed by atoms with Gasteiger partial charge in [-0.1, -0.05) is 17.7 Å². The number of aromatic nitrogens is 2. The van der Waals surface area contributed by atoms with E-state index in [1.165, 1.54) is 13.3 Å². The lowest BCUT2D eigenvalue weighted by Crippen LogP contribution is -1.99. The van der Waals surface area contributed by atoms with Crippen LogP contribution in [0.4, 0.5) is 0 Å². The van der Waals surface area contributed by atoms with Gasteiger partial charge in [0, 0.05) is 6.54 Å². The van der Waals surface area contributed by atoms with Crippen molar-refractivity contribution in [2.24, 2.45) is 5.73 Å². The molecule has 0 amide bonds. The van der Waals surface area contributed by atoms with Gasteiger partial charge in [0.15, 0.2) is 11.5 Å². The monoisotopic (exact) mass is 295 g/mol. The summed E-state index contributed by atoms with van der Waals surface area (Å²) in [6, 6.07) is 5.54. The highest BCUT2D eigenvalue weighted by molar-refractivity contribution is 6.31. The van der Waals surface area contributed by atoms with Crippen LogP contribution in [0.25, 0.3) is 0 Å². The van der Waals surface area contributed by atoms with Gasteiger partial charge in [-0.2, -0.15) is 4.98 Å². The largest absolute Gasteiger partial charge is 0.493 e. The Balaban J connectivity index is 2.34. The summed E-state index contributed by atoms with van der Waals surface area (Å²) in [6.07, 6.45) is 1.41. The van der Waals surface area contributed by atoms with Crippen molar-refractivity contribution in [2.45, 2.75) is 6.54 Å². The first-order valence-electron chi connectivity index (χ1n) is 5.79. The Labute approximate surface area is 121 Å². The summed E-state index contributed by atoms with van der Waals surface area (Å²) in [5.41, 5.74) is 6.51. The van der Waals surface area contributed by atoms with E-state index >= 15 is 0 Å². The molecule has 0 aliphatic rings. The minimum Gasteiger partial charge on any atom is -0.493 e. The number of nitrogens with zero attached hydrogens (tertiary/aromatic N) is 2. The Bertz CT molecular complexity index is 607. The summed E-state index contributed by atoms with van der Waals surface area (Å²) in [6.45, 7) is 0.415. The van der Waals surface area contributed by atoms with Crippen molar-refractivity contribution in [1.82, 2.24) is 9.97 Å². The smallest absolute Gasteiger partial charge is 0.319 e. The Morgan fingerprint density at radius 3 is 2.65 bits per heavy atom. The van der Waals surface area contributed by atoms with E-state index in [9.17, 15) is 0 Å². The third kappa shape index (κ3) is 3.09. The van der Waals surface area contributed by atoms with Crippen LogP contribution in [0.15, 0.2) is 24.4 Å². The molecule has 2 aromatic rings. The predicted octanol–water partition coefficient (Wildman–Crippen LogP) is 2.40. The molecule has 20 heavy (non-hydrogen) atoms. The van der Waals surface area contributed by atoms with Crippen molar-refractivity contribution in [3.8, 4) is 23.4 Å². The number of hydrogen-bond acceptors (Lipinski definition) is 6. The number of ether oxygens (including phenoxy) is 3. The van der Waals surface area contributed by atoms with Crippen LogP contribution >= 0.6 is 11.6 Å². The molecule has 0 bridgehead atoms. The maximum Gasteiger partial charge on any atom is 0.319 e. The van der Waals surface area contributed by atoms with Crippen LogP contribution in [0.3, 0.4) is 0 Å². The molecular formula is C13H14ClN3O3. The van der Waals surface area contributed by atoms with Crippen molar-refractivity contribution in [3.05, 3.63) is 35.0 Å². The Morgan fingerprint density at radius 2 is 2.00 bits per heavy atom. The molecule has 0 fully saturated rings. The molecule has 6 nitrogen and oxygen atoms in total. The summed E-state index contributed by atoms with van der Waals surface area (Å²) < 4.78 is 15.8. The van der Waals surface area contributed by atoms with Crippen molar-refractivity contribution < 1.29 is 14.2 Å². The molecule has 0 spiro atoms. The number of rotatable bonds is 5. The van der Waals surface area contributed by atoms with E-state index in [0.717, 1.165) is 5.56 Å². The van der Waals surface area contributed by atoms with Crippen LogP contribution < -0.4 is 19.9 Å². The van der Waals surface area contributed by atoms with Gasteiger partial charge in [0.2, 0.25) is 5.88 Å². The van der Waals surface area contributed by atoms with Crippen molar-refractivity contribution in [2.75, 3.05) is 14.2 Å². The second-order valence-corrected chi connectivity index (χ2v) is 4.21. The van der Waals surface area contributed by atoms with Gasteiger partial charge in [0.25, 0.3) is 0 Å². The molecule has 0 aliphatic heterocycles. The van der Waals surface area contributed by atoms with Crippen LogP contribution in [0, 0.1) is 0 Å². The Kier molecular flexibility index (Phi) is 4.60. The Morgan fingerprint density at radius 1 is 1.20 bits per heavy atom. The van der Waals surface area contributed by atoms with Gasteiger partial charge in [0.1, 0.15) is 5.02 Å².